The molecule has 0 radical (unpaired) electrons. The molecule has 4 aromatic rings. The van der Waals surface area contributed by atoms with E-state index in [0.717, 1.165) is 0 Å². The molecule has 0 saturated carbocycles. The molecule has 0 aliphatic rings. The summed E-state index contributed by atoms with van der Waals surface area (Å²) < 4.78 is 17.5. The van der Waals surface area contributed by atoms with E-state index in [1.54, 1.807) is 42.9 Å². The standard InChI is InChI=1S/C22H18FN5O3/c1-14-19(22(31)28(26(14)2)17-6-4-3-5-7-17)24-21(30)20-18(29)12-13-27(25-20)16-10-8-15(23)9-11-16/h3-13H,1-2H3,(H,24,30). The van der Waals surface area contributed by atoms with Crippen LogP contribution in [-0.2, 0) is 7.05 Å². The molecule has 0 aliphatic carbocycles. The number of para-hydroxylation sites is 1. The van der Waals surface area contributed by atoms with Gasteiger partial charge in [-0.2, -0.15) is 5.10 Å². The predicted molar refractivity (Wildman–Crippen MR) is 113 cm³/mol. The van der Waals surface area contributed by atoms with Crippen LogP contribution in [0.4, 0.5) is 10.1 Å². The summed E-state index contributed by atoms with van der Waals surface area (Å²) in [7, 11) is 1.70. The van der Waals surface area contributed by atoms with Crippen LogP contribution >= 0.6 is 0 Å². The van der Waals surface area contributed by atoms with Gasteiger partial charge in [0.15, 0.2) is 5.69 Å². The van der Waals surface area contributed by atoms with Gasteiger partial charge in [-0.25, -0.2) is 13.8 Å². The first kappa shape index (κ1) is 20.0. The van der Waals surface area contributed by atoms with Crippen molar-refractivity contribution >= 4 is 11.6 Å². The zero-order chi connectivity index (χ0) is 22.1. The minimum Gasteiger partial charge on any atom is -0.314 e. The maximum absolute atomic E-state index is 13.2. The van der Waals surface area contributed by atoms with Crippen molar-refractivity contribution in [2.45, 2.75) is 6.92 Å². The summed E-state index contributed by atoms with van der Waals surface area (Å²) in [4.78, 5) is 38.1. The van der Waals surface area contributed by atoms with E-state index in [1.165, 1.54) is 45.9 Å². The van der Waals surface area contributed by atoms with Crippen LogP contribution in [0.2, 0.25) is 0 Å². The summed E-state index contributed by atoms with van der Waals surface area (Å²) in [5.41, 5.74) is 0.238. The van der Waals surface area contributed by atoms with Crippen molar-refractivity contribution in [3.63, 3.8) is 0 Å². The van der Waals surface area contributed by atoms with E-state index >= 15 is 0 Å². The first-order valence-electron chi connectivity index (χ1n) is 9.38. The highest BCUT2D eigenvalue weighted by Crippen LogP contribution is 2.14. The smallest absolute Gasteiger partial charge is 0.295 e. The normalized spacial score (nSPS) is 10.8. The van der Waals surface area contributed by atoms with Crippen molar-refractivity contribution in [2.75, 3.05) is 5.32 Å². The van der Waals surface area contributed by atoms with Crippen molar-refractivity contribution in [1.82, 2.24) is 19.1 Å². The van der Waals surface area contributed by atoms with E-state index < -0.39 is 22.7 Å². The molecule has 2 heterocycles. The lowest BCUT2D eigenvalue weighted by Gasteiger charge is -2.08. The number of carbonyl (C=O) groups is 1. The Morgan fingerprint density at radius 3 is 2.32 bits per heavy atom. The summed E-state index contributed by atoms with van der Waals surface area (Å²) in [5, 5.41) is 6.59. The van der Waals surface area contributed by atoms with Crippen molar-refractivity contribution in [1.29, 1.82) is 0 Å². The number of nitrogens with one attached hydrogen (secondary N) is 1. The molecule has 2 aromatic carbocycles. The molecule has 156 valence electrons. The molecule has 4 rings (SSSR count). The van der Waals surface area contributed by atoms with E-state index in [-0.39, 0.29) is 11.4 Å². The fourth-order valence-corrected chi connectivity index (χ4v) is 3.19. The van der Waals surface area contributed by atoms with Gasteiger partial charge in [-0.3, -0.25) is 19.1 Å². The number of anilines is 1. The Bertz CT molecular complexity index is 1390. The Morgan fingerprint density at radius 2 is 1.65 bits per heavy atom. The molecule has 0 unspecified atom stereocenters. The summed E-state index contributed by atoms with van der Waals surface area (Å²) in [6.07, 6.45) is 1.38. The Morgan fingerprint density at radius 1 is 0.968 bits per heavy atom. The van der Waals surface area contributed by atoms with Crippen molar-refractivity contribution in [2.24, 2.45) is 7.05 Å². The average molecular weight is 419 g/mol. The lowest BCUT2D eigenvalue weighted by atomic mass is 10.3. The van der Waals surface area contributed by atoms with Gasteiger partial charge >= 0.3 is 0 Å². The Labute approximate surface area is 175 Å². The van der Waals surface area contributed by atoms with E-state index in [0.29, 0.717) is 17.1 Å². The highest BCUT2D eigenvalue weighted by atomic mass is 19.1. The van der Waals surface area contributed by atoms with Gasteiger partial charge in [0.05, 0.1) is 17.1 Å². The monoisotopic (exact) mass is 419 g/mol. The zero-order valence-electron chi connectivity index (χ0n) is 16.7. The van der Waals surface area contributed by atoms with Gasteiger partial charge in [0.1, 0.15) is 11.5 Å². The van der Waals surface area contributed by atoms with Crippen LogP contribution in [0.1, 0.15) is 16.2 Å². The number of carbonyl (C=O) groups excluding carboxylic acids is 1. The second kappa shape index (κ2) is 7.86. The molecule has 31 heavy (non-hydrogen) atoms. The van der Waals surface area contributed by atoms with Crippen LogP contribution in [0, 0.1) is 12.7 Å². The molecule has 0 saturated heterocycles. The number of aromatic nitrogens is 4. The fraction of sp³-hybridized carbons (Fsp3) is 0.0909. The topological polar surface area (TPSA) is 90.9 Å². The SMILES string of the molecule is Cc1c(NC(=O)c2nn(-c3ccc(F)cc3)ccc2=O)c(=O)n(-c2ccccc2)n1C. The third-order valence-electron chi connectivity index (χ3n) is 4.91. The average Bonchev–Trinajstić information content (AvgIpc) is 2.98. The highest BCUT2D eigenvalue weighted by molar-refractivity contribution is 6.02. The fourth-order valence-electron chi connectivity index (χ4n) is 3.19. The lowest BCUT2D eigenvalue weighted by molar-refractivity contribution is 0.101. The van der Waals surface area contributed by atoms with Gasteiger partial charge < -0.3 is 5.32 Å². The molecule has 0 bridgehead atoms. The third kappa shape index (κ3) is 3.68. The molecule has 9 heteroatoms. The Kier molecular flexibility index (Phi) is 5.08. The van der Waals surface area contributed by atoms with E-state index in [1.807, 2.05) is 6.07 Å². The number of hydrogen-bond donors (Lipinski definition) is 1. The van der Waals surface area contributed by atoms with Crippen molar-refractivity contribution in [3.8, 4) is 11.4 Å². The summed E-state index contributed by atoms with van der Waals surface area (Å²) in [6.45, 7) is 1.69. The number of rotatable bonds is 4. The number of amides is 1. The van der Waals surface area contributed by atoms with E-state index in [2.05, 4.69) is 10.4 Å². The zero-order valence-corrected chi connectivity index (χ0v) is 16.7. The molecule has 0 spiro atoms. The van der Waals surface area contributed by atoms with Crippen molar-refractivity contribution < 1.29 is 9.18 Å². The minimum absolute atomic E-state index is 0.0507. The Hall–Kier alpha value is -4.27. The summed E-state index contributed by atoms with van der Waals surface area (Å²) in [6, 6.07) is 15.6. The first-order chi connectivity index (χ1) is 14.9. The van der Waals surface area contributed by atoms with E-state index in [4.69, 9.17) is 0 Å². The van der Waals surface area contributed by atoms with Crippen LogP contribution in [0.15, 0.2) is 76.4 Å². The second-order valence-corrected chi connectivity index (χ2v) is 6.84. The quantitative estimate of drug-likeness (QED) is 0.550. The summed E-state index contributed by atoms with van der Waals surface area (Å²) in [5.74, 6) is -1.23. The molecule has 0 atom stereocenters. The van der Waals surface area contributed by atoms with Gasteiger partial charge in [0.25, 0.3) is 11.5 Å². The maximum atomic E-state index is 13.2. The van der Waals surface area contributed by atoms with Gasteiger partial charge in [-0.05, 0) is 43.3 Å². The van der Waals surface area contributed by atoms with Gasteiger partial charge in [-0.15, -0.1) is 0 Å². The van der Waals surface area contributed by atoms with Crippen LogP contribution in [0.5, 0.6) is 0 Å². The van der Waals surface area contributed by atoms with Crippen LogP contribution in [0.25, 0.3) is 11.4 Å². The third-order valence-corrected chi connectivity index (χ3v) is 4.91. The van der Waals surface area contributed by atoms with E-state index in [9.17, 15) is 18.8 Å². The van der Waals surface area contributed by atoms with Gasteiger partial charge in [-0.1, -0.05) is 18.2 Å². The summed E-state index contributed by atoms with van der Waals surface area (Å²) >= 11 is 0. The molecular formula is C22H18FN5O3. The molecule has 2 aromatic heterocycles. The first-order valence-corrected chi connectivity index (χ1v) is 9.38. The number of benzene rings is 2. The lowest BCUT2D eigenvalue weighted by Crippen LogP contribution is -2.28. The largest absolute Gasteiger partial charge is 0.314 e. The number of nitrogens with zero attached hydrogens (tertiary/aromatic N) is 4. The van der Waals surface area contributed by atoms with Crippen molar-refractivity contribution in [3.05, 3.63) is 105 Å². The number of halogens is 1. The highest BCUT2D eigenvalue weighted by Gasteiger charge is 2.21. The molecule has 1 amide bonds. The van der Waals surface area contributed by atoms with Gasteiger partial charge in [0, 0.05) is 19.3 Å². The molecule has 8 nitrogen and oxygen atoms in total. The van der Waals surface area contributed by atoms with Crippen LogP contribution in [-0.4, -0.2) is 25.1 Å². The molecule has 0 aliphatic heterocycles. The maximum Gasteiger partial charge on any atom is 0.295 e. The molecular weight excluding hydrogens is 401 g/mol. The second-order valence-electron chi connectivity index (χ2n) is 6.84. The van der Waals surface area contributed by atoms with Gasteiger partial charge in [0.2, 0.25) is 5.43 Å². The predicted octanol–water partition coefficient (Wildman–Crippen LogP) is 2.42. The van der Waals surface area contributed by atoms with Crippen LogP contribution < -0.4 is 16.3 Å². The minimum atomic E-state index is -0.813. The Balaban J connectivity index is 1.71. The number of hydrogen-bond acceptors (Lipinski definition) is 4. The molecule has 0 fully saturated rings. The molecule has 1 N–H and O–H groups in total. The van der Waals surface area contributed by atoms with Crippen LogP contribution in [0.3, 0.4) is 0 Å².